The normalized spacial score (nSPS) is 24.6. The maximum atomic E-state index is 6.03. The Morgan fingerprint density at radius 1 is 1.18 bits per heavy atom. The minimum atomic E-state index is 0.144. The lowest BCUT2D eigenvalue weighted by Crippen LogP contribution is -2.47. The van der Waals surface area contributed by atoms with Gasteiger partial charge in [0.2, 0.25) is 0 Å². The van der Waals surface area contributed by atoms with Gasteiger partial charge >= 0.3 is 0 Å². The predicted octanol–water partition coefficient (Wildman–Crippen LogP) is 2.06. The molecule has 0 radical (unpaired) electrons. The molecule has 3 nitrogen and oxygen atoms in total. The molecular weight excluding hydrogens is 214 g/mol. The number of methoxy groups -OCH3 is 1. The largest absolute Gasteiger partial charge is 0.488 e. The third-order valence-electron chi connectivity index (χ3n) is 3.43. The van der Waals surface area contributed by atoms with Gasteiger partial charge in [0.15, 0.2) is 0 Å². The van der Waals surface area contributed by atoms with Crippen molar-refractivity contribution in [1.82, 2.24) is 5.32 Å². The second-order valence-electron chi connectivity index (χ2n) is 4.67. The monoisotopic (exact) mass is 235 g/mol. The summed E-state index contributed by atoms with van der Waals surface area (Å²) in [5, 5.41) is 3.32. The molecule has 1 N–H and O–H groups in total. The molecule has 2 rings (SSSR count). The van der Waals surface area contributed by atoms with Gasteiger partial charge < -0.3 is 14.8 Å². The number of hydrogen-bond donors (Lipinski definition) is 1. The summed E-state index contributed by atoms with van der Waals surface area (Å²) >= 11 is 0. The Morgan fingerprint density at radius 2 is 2.00 bits per heavy atom. The lowest BCUT2D eigenvalue weighted by Gasteiger charge is -2.31. The summed E-state index contributed by atoms with van der Waals surface area (Å²) in [5.74, 6) is 0.946. The molecule has 1 saturated heterocycles. The van der Waals surface area contributed by atoms with Crippen LogP contribution in [0.5, 0.6) is 5.75 Å². The molecule has 1 aromatic rings. The van der Waals surface area contributed by atoms with Gasteiger partial charge in [-0.3, -0.25) is 0 Å². The van der Waals surface area contributed by atoms with Crippen LogP contribution < -0.4 is 10.1 Å². The average molecular weight is 235 g/mol. The van der Waals surface area contributed by atoms with Crippen molar-refractivity contribution in [2.45, 2.75) is 32.5 Å². The van der Waals surface area contributed by atoms with Gasteiger partial charge in [0, 0.05) is 13.7 Å². The zero-order chi connectivity index (χ0) is 12.3. The number of ether oxygens (including phenoxy) is 2. The van der Waals surface area contributed by atoms with Gasteiger partial charge in [-0.15, -0.1) is 0 Å². The van der Waals surface area contributed by atoms with Crippen molar-refractivity contribution in [2.24, 2.45) is 0 Å². The zero-order valence-corrected chi connectivity index (χ0v) is 10.8. The van der Waals surface area contributed by atoms with Crippen molar-refractivity contribution in [3.8, 4) is 5.75 Å². The topological polar surface area (TPSA) is 30.5 Å². The standard InChI is InChI=1S/C14H21NO2/c1-10-4-5-12(8-11(10)2)17-13-6-7-15-9-14(13)16-3/h4-5,8,13-15H,6-7,9H2,1-3H3. The van der Waals surface area contributed by atoms with E-state index in [0.717, 1.165) is 25.3 Å². The Labute approximate surface area is 103 Å². The van der Waals surface area contributed by atoms with Gasteiger partial charge in [-0.25, -0.2) is 0 Å². The molecule has 1 aliphatic heterocycles. The number of hydrogen-bond acceptors (Lipinski definition) is 3. The molecule has 17 heavy (non-hydrogen) atoms. The van der Waals surface area contributed by atoms with Crippen molar-refractivity contribution in [3.63, 3.8) is 0 Å². The summed E-state index contributed by atoms with van der Waals surface area (Å²) in [4.78, 5) is 0. The summed E-state index contributed by atoms with van der Waals surface area (Å²) in [6.45, 7) is 6.08. The van der Waals surface area contributed by atoms with Crippen LogP contribution in [0.2, 0.25) is 0 Å². The smallest absolute Gasteiger partial charge is 0.127 e. The fourth-order valence-electron chi connectivity index (χ4n) is 2.14. The van der Waals surface area contributed by atoms with Crippen molar-refractivity contribution in [2.75, 3.05) is 20.2 Å². The van der Waals surface area contributed by atoms with Crippen LogP contribution in [0.4, 0.5) is 0 Å². The van der Waals surface area contributed by atoms with Crippen LogP contribution in [-0.4, -0.2) is 32.4 Å². The van der Waals surface area contributed by atoms with Gasteiger partial charge in [0.05, 0.1) is 0 Å². The lowest BCUT2D eigenvalue weighted by molar-refractivity contribution is -0.0141. The van der Waals surface area contributed by atoms with E-state index in [2.05, 4.69) is 31.3 Å². The van der Waals surface area contributed by atoms with E-state index in [9.17, 15) is 0 Å². The summed E-state index contributed by atoms with van der Waals surface area (Å²) in [7, 11) is 1.74. The summed E-state index contributed by atoms with van der Waals surface area (Å²) in [6.07, 6.45) is 1.29. The molecule has 94 valence electrons. The van der Waals surface area contributed by atoms with Crippen molar-refractivity contribution in [3.05, 3.63) is 29.3 Å². The van der Waals surface area contributed by atoms with Crippen molar-refractivity contribution >= 4 is 0 Å². The Morgan fingerprint density at radius 3 is 2.71 bits per heavy atom. The van der Waals surface area contributed by atoms with Gasteiger partial charge in [0.1, 0.15) is 18.0 Å². The maximum Gasteiger partial charge on any atom is 0.127 e. The molecule has 1 heterocycles. The quantitative estimate of drug-likeness (QED) is 0.870. The van der Waals surface area contributed by atoms with Crippen LogP contribution in [0.3, 0.4) is 0 Å². The molecule has 2 unspecified atom stereocenters. The van der Waals surface area contributed by atoms with E-state index in [1.165, 1.54) is 11.1 Å². The first-order chi connectivity index (χ1) is 8.20. The van der Waals surface area contributed by atoms with Crippen LogP contribution in [0, 0.1) is 13.8 Å². The fraction of sp³-hybridized carbons (Fsp3) is 0.571. The van der Waals surface area contributed by atoms with E-state index >= 15 is 0 Å². The Balaban J connectivity index is 2.05. The molecular formula is C14H21NO2. The number of rotatable bonds is 3. The summed E-state index contributed by atoms with van der Waals surface area (Å²) in [5.41, 5.74) is 2.57. The molecule has 1 fully saturated rings. The molecule has 0 saturated carbocycles. The minimum absolute atomic E-state index is 0.144. The van der Waals surface area contributed by atoms with Gasteiger partial charge in [-0.1, -0.05) is 6.07 Å². The molecule has 3 heteroatoms. The van der Waals surface area contributed by atoms with E-state index in [4.69, 9.17) is 9.47 Å². The molecule has 2 atom stereocenters. The van der Waals surface area contributed by atoms with Crippen LogP contribution in [0.15, 0.2) is 18.2 Å². The molecule has 0 aliphatic carbocycles. The Hall–Kier alpha value is -1.06. The maximum absolute atomic E-state index is 6.03. The highest BCUT2D eigenvalue weighted by molar-refractivity contribution is 5.34. The third-order valence-corrected chi connectivity index (χ3v) is 3.43. The second-order valence-corrected chi connectivity index (χ2v) is 4.67. The van der Waals surface area contributed by atoms with E-state index in [1.807, 2.05) is 6.07 Å². The third kappa shape index (κ3) is 2.99. The van der Waals surface area contributed by atoms with Crippen molar-refractivity contribution < 1.29 is 9.47 Å². The van der Waals surface area contributed by atoms with Crippen molar-refractivity contribution in [1.29, 1.82) is 0 Å². The lowest BCUT2D eigenvalue weighted by atomic mass is 10.1. The van der Waals surface area contributed by atoms with E-state index in [-0.39, 0.29) is 12.2 Å². The van der Waals surface area contributed by atoms with Crippen LogP contribution >= 0.6 is 0 Å². The molecule has 0 bridgehead atoms. The molecule has 1 aromatic carbocycles. The second kappa shape index (κ2) is 5.52. The van der Waals surface area contributed by atoms with Crippen LogP contribution in [0.25, 0.3) is 0 Å². The number of nitrogens with one attached hydrogen (secondary N) is 1. The van der Waals surface area contributed by atoms with E-state index in [0.29, 0.717) is 0 Å². The SMILES string of the molecule is COC1CNCCC1Oc1ccc(C)c(C)c1. The minimum Gasteiger partial charge on any atom is -0.488 e. The van der Waals surface area contributed by atoms with Gasteiger partial charge in [-0.2, -0.15) is 0 Å². The van der Waals surface area contributed by atoms with Gasteiger partial charge in [0.25, 0.3) is 0 Å². The first kappa shape index (κ1) is 12.4. The average Bonchev–Trinajstić information content (AvgIpc) is 2.34. The summed E-state index contributed by atoms with van der Waals surface area (Å²) in [6, 6.07) is 6.24. The number of benzene rings is 1. The highest BCUT2D eigenvalue weighted by atomic mass is 16.5. The Kier molecular flexibility index (Phi) is 4.02. The van der Waals surface area contributed by atoms with Crippen LogP contribution in [0.1, 0.15) is 17.5 Å². The molecule has 1 aliphatic rings. The molecule has 0 amide bonds. The number of aryl methyl sites for hydroxylation is 2. The predicted molar refractivity (Wildman–Crippen MR) is 68.6 cm³/mol. The molecule has 0 aromatic heterocycles. The number of piperidine rings is 1. The Bertz CT molecular complexity index is 378. The highest BCUT2D eigenvalue weighted by Crippen LogP contribution is 2.21. The first-order valence-corrected chi connectivity index (χ1v) is 6.18. The van der Waals surface area contributed by atoms with E-state index in [1.54, 1.807) is 7.11 Å². The zero-order valence-electron chi connectivity index (χ0n) is 10.8. The van der Waals surface area contributed by atoms with Gasteiger partial charge in [-0.05, 0) is 50.1 Å². The van der Waals surface area contributed by atoms with E-state index < -0.39 is 0 Å². The molecule has 0 spiro atoms. The first-order valence-electron chi connectivity index (χ1n) is 6.18. The highest BCUT2D eigenvalue weighted by Gasteiger charge is 2.26. The van der Waals surface area contributed by atoms with Crippen LogP contribution in [-0.2, 0) is 4.74 Å². The summed E-state index contributed by atoms with van der Waals surface area (Å²) < 4.78 is 11.5. The fourth-order valence-corrected chi connectivity index (χ4v) is 2.14.